The number of aliphatic hydroxyl groups excluding tert-OH is 2. The number of aliphatic imine (C=N–C) groups is 3. The molecule has 4 rings (SSSR count). The summed E-state index contributed by atoms with van der Waals surface area (Å²) < 4.78 is 0. The van der Waals surface area contributed by atoms with Crippen molar-refractivity contribution < 1.29 is 30.0 Å². The van der Waals surface area contributed by atoms with E-state index < -0.39 is 18.0 Å². The summed E-state index contributed by atoms with van der Waals surface area (Å²) in [7, 11) is 0. The molecule has 0 fully saturated rings. The molecule has 0 aromatic carbocycles. The monoisotopic (exact) mass is 624 g/mol. The van der Waals surface area contributed by atoms with Gasteiger partial charge in [-0.1, -0.05) is 25.3 Å². The predicted octanol–water partition coefficient (Wildman–Crippen LogP) is 5.41. The number of nitrogens with one attached hydrogen (secondary N) is 1. The van der Waals surface area contributed by atoms with E-state index in [2.05, 4.69) is 28.1 Å². The Labute approximate surface area is 298 Å². The third kappa shape index (κ3) is 7.30. The Morgan fingerprint density at radius 2 is 1.45 bits per heavy atom. The molecular formula is C33H37KN4O6. The van der Waals surface area contributed by atoms with Crippen LogP contribution in [0.5, 0.6) is 0 Å². The van der Waals surface area contributed by atoms with Gasteiger partial charge in [-0.25, -0.2) is 9.98 Å². The predicted molar refractivity (Wildman–Crippen MR) is 175 cm³/mol. The van der Waals surface area contributed by atoms with Crippen LogP contribution in [0.15, 0.2) is 91.2 Å². The van der Waals surface area contributed by atoms with E-state index in [1.807, 2.05) is 26.8 Å². The second-order valence-electron chi connectivity index (χ2n) is 10.7. The Bertz CT molecular complexity index is 1690. The molecule has 0 aliphatic carbocycles. The van der Waals surface area contributed by atoms with Crippen molar-refractivity contribution in [1.29, 1.82) is 0 Å². The fraction of sp³-hybridized carbons (Fsp3) is 0.303. The van der Waals surface area contributed by atoms with Gasteiger partial charge >= 0.3 is 63.3 Å². The van der Waals surface area contributed by atoms with E-state index in [0.29, 0.717) is 46.7 Å². The second kappa shape index (κ2) is 14.6. The summed E-state index contributed by atoms with van der Waals surface area (Å²) >= 11 is 0. The van der Waals surface area contributed by atoms with Gasteiger partial charge in [-0.2, -0.15) is 0 Å². The van der Waals surface area contributed by atoms with Crippen LogP contribution >= 0.6 is 0 Å². The van der Waals surface area contributed by atoms with Crippen molar-refractivity contribution in [3.63, 3.8) is 0 Å². The first kappa shape index (κ1) is 35.1. The average Bonchev–Trinajstić information content (AvgIpc) is 3.59. The van der Waals surface area contributed by atoms with Crippen molar-refractivity contribution in [2.24, 2.45) is 15.0 Å². The molecule has 1 aromatic rings. The molecule has 0 saturated carbocycles. The number of aromatic amines is 1. The zero-order chi connectivity index (χ0) is 31.6. The van der Waals surface area contributed by atoms with E-state index >= 15 is 0 Å². The molecule has 5 N–H and O–H groups in total. The number of aromatic nitrogens is 1. The van der Waals surface area contributed by atoms with Gasteiger partial charge in [0.15, 0.2) is 0 Å². The molecule has 0 amide bonds. The SMILES string of the molecule is C=CC1=C(C)C(O)=NC1=Cc1[nH]c(CC2N=C(C=C3N=C(O)C(C=C)=C3C)C(C)=C2CCC(=O)O)c(CCC(=O)O)c1C.[KH]. The Morgan fingerprint density at radius 1 is 0.841 bits per heavy atom. The molecule has 0 radical (unpaired) electrons. The summed E-state index contributed by atoms with van der Waals surface area (Å²) in [6.45, 7) is 15.0. The van der Waals surface area contributed by atoms with Crippen molar-refractivity contribution in [1.82, 2.24) is 4.98 Å². The molecule has 1 aromatic heterocycles. The first-order chi connectivity index (χ1) is 20.4. The summed E-state index contributed by atoms with van der Waals surface area (Å²) in [4.78, 5) is 39.9. The van der Waals surface area contributed by atoms with Crippen molar-refractivity contribution in [3.8, 4) is 0 Å². The van der Waals surface area contributed by atoms with Crippen LogP contribution in [0.4, 0.5) is 0 Å². The summed E-state index contributed by atoms with van der Waals surface area (Å²) in [6, 6.07) is -0.394. The summed E-state index contributed by atoms with van der Waals surface area (Å²) in [6.07, 6.45) is 7.61. The van der Waals surface area contributed by atoms with Crippen LogP contribution in [-0.2, 0) is 22.4 Å². The van der Waals surface area contributed by atoms with Crippen molar-refractivity contribution in [3.05, 3.63) is 98.7 Å². The molecule has 3 aliphatic rings. The zero-order valence-electron chi connectivity index (χ0n) is 24.8. The Morgan fingerprint density at radius 3 is 2.05 bits per heavy atom. The quantitative estimate of drug-likeness (QED) is 0.195. The van der Waals surface area contributed by atoms with E-state index in [-0.39, 0.29) is 82.4 Å². The molecule has 10 nitrogen and oxygen atoms in total. The van der Waals surface area contributed by atoms with Crippen molar-refractivity contribution in [2.45, 2.75) is 65.8 Å². The van der Waals surface area contributed by atoms with E-state index in [0.717, 1.165) is 39.2 Å². The van der Waals surface area contributed by atoms with Gasteiger partial charge in [0.25, 0.3) is 0 Å². The molecule has 1 atom stereocenters. The van der Waals surface area contributed by atoms with Gasteiger partial charge in [-0.3, -0.25) is 14.6 Å². The molecule has 0 spiro atoms. The number of aliphatic carboxylic acids is 2. The first-order valence-electron chi connectivity index (χ1n) is 13.9. The van der Waals surface area contributed by atoms with Gasteiger partial charge in [0.1, 0.15) is 0 Å². The van der Waals surface area contributed by atoms with Gasteiger partial charge in [0.2, 0.25) is 11.8 Å². The topological polar surface area (TPSA) is 168 Å². The summed E-state index contributed by atoms with van der Waals surface area (Å²) in [5, 5.41) is 39.2. The van der Waals surface area contributed by atoms with Crippen molar-refractivity contribution >= 4 is 86.9 Å². The number of hydrogen-bond acceptors (Lipinski definition) is 5. The first-order valence-corrected chi connectivity index (χ1v) is 13.9. The van der Waals surface area contributed by atoms with Gasteiger partial charge in [-0.05, 0) is 80.5 Å². The number of nitrogens with zero attached hydrogens (tertiary/aromatic N) is 3. The minimum absolute atomic E-state index is 0. The number of allylic oxidation sites excluding steroid dienone is 4. The number of carboxylic acids is 2. The Balaban J connectivity index is 0.00000529. The fourth-order valence-electron chi connectivity index (χ4n) is 5.62. The number of carbonyl (C=O) groups is 2. The summed E-state index contributed by atoms with van der Waals surface area (Å²) in [5.41, 5.74) is 9.31. The Kier molecular flexibility index (Phi) is 11.7. The van der Waals surface area contributed by atoms with Gasteiger partial charge in [0.05, 0.1) is 23.1 Å². The van der Waals surface area contributed by atoms with Crippen LogP contribution in [0.2, 0.25) is 0 Å². The molecule has 11 heteroatoms. The minimum atomic E-state index is -0.919. The number of hydrogen-bond donors (Lipinski definition) is 5. The molecular weight excluding hydrogens is 587 g/mol. The van der Waals surface area contributed by atoms with E-state index in [1.54, 1.807) is 25.2 Å². The van der Waals surface area contributed by atoms with Crippen LogP contribution in [0, 0.1) is 6.92 Å². The summed E-state index contributed by atoms with van der Waals surface area (Å²) in [5.74, 6) is -2.03. The third-order valence-corrected chi connectivity index (χ3v) is 8.12. The van der Waals surface area contributed by atoms with E-state index in [9.17, 15) is 30.0 Å². The van der Waals surface area contributed by atoms with Crippen LogP contribution < -0.4 is 0 Å². The number of rotatable bonds is 12. The molecule has 3 aliphatic heterocycles. The molecule has 0 saturated heterocycles. The molecule has 1 unspecified atom stereocenters. The molecule has 44 heavy (non-hydrogen) atoms. The number of H-pyrrole nitrogens is 1. The Hall–Kier alpha value is -3.35. The van der Waals surface area contributed by atoms with Crippen molar-refractivity contribution in [2.75, 3.05) is 0 Å². The van der Waals surface area contributed by atoms with E-state index in [1.165, 1.54) is 0 Å². The van der Waals surface area contributed by atoms with E-state index in [4.69, 9.17) is 4.99 Å². The normalized spacial score (nSPS) is 19.9. The third-order valence-electron chi connectivity index (χ3n) is 8.12. The standard InChI is InChI=1S/C33H36N4O6.K.H/c1-7-20-19(6)32(42)37-27(20)14-25-18(5)23(10-12-31(40)41)29(35-25)15-28-22(9-11-30(38)39)17(4)24(34-28)13-26-16(3)21(8-2)33(43)36-26;;/h7-8,13-14,28,35H,1-2,9-12,15H2,3-6H3,(H,36,43)(H,37,42)(H,38,39)(H,40,41);;. The van der Waals surface area contributed by atoms with Crippen LogP contribution in [-0.4, -0.2) is 112 Å². The number of carboxylic acid groups (broad SMARTS) is 2. The molecule has 226 valence electrons. The zero-order valence-corrected chi connectivity index (χ0v) is 24.8. The van der Waals surface area contributed by atoms with Gasteiger partial charge < -0.3 is 25.4 Å². The average molecular weight is 625 g/mol. The van der Waals surface area contributed by atoms with Gasteiger partial charge in [0, 0.05) is 47.4 Å². The van der Waals surface area contributed by atoms with Crippen LogP contribution in [0.25, 0.3) is 6.08 Å². The van der Waals surface area contributed by atoms with Crippen LogP contribution in [0.3, 0.4) is 0 Å². The molecule has 4 heterocycles. The molecule has 0 bridgehead atoms. The second-order valence-corrected chi connectivity index (χ2v) is 10.7. The fourth-order valence-corrected chi connectivity index (χ4v) is 5.62. The number of aliphatic hydroxyl groups is 2. The van der Waals surface area contributed by atoms with Gasteiger partial charge in [-0.15, -0.1) is 0 Å². The van der Waals surface area contributed by atoms with Crippen LogP contribution in [0.1, 0.15) is 62.5 Å². The maximum absolute atomic E-state index is 11.5. The maximum atomic E-state index is 11.5.